The zero-order chi connectivity index (χ0) is 17.3. The molecule has 0 bridgehead atoms. The topological polar surface area (TPSA) is 66.2 Å². The summed E-state index contributed by atoms with van der Waals surface area (Å²) < 4.78 is 0. The third-order valence-corrected chi connectivity index (χ3v) is 3.32. The number of amidine groups is 1. The van der Waals surface area contributed by atoms with Gasteiger partial charge in [0.25, 0.3) is 0 Å². The predicted octanol–water partition coefficient (Wildman–Crippen LogP) is 5.08. The fourth-order valence-corrected chi connectivity index (χ4v) is 2.07. The van der Waals surface area contributed by atoms with Crippen LogP contribution in [-0.4, -0.2) is 11.6 Å². The normalized spacial score (nSPS) is 11.4. The molecule has 3 aromatic rings. The summed E-state index contributed by atoms with van der Waals surface area (Å²) in [6, 6.07) is 27.4. The number of carbonyl (C=O) groups is 1. The van der Waals surface area contributed by atoms with Gasteiger partial charge >= 0.3 is 0 Å². The molecule has 0 saturated carbocycles. The number of nitrogens with one attached hydrogen (secondary N) is 1. The van der Waals surface area contributed by atoms with Gasteiger partial charge in [-0.1, -0.05) is 66.7 Å². The van der Waals surface area contributed by atoms with E-state index in [4.69, 9.17) is 0 Å². The van der Waals surface area contributed by atoms with Gasteiger partial charge in [-0.25, -0.2) is 0 Å². The fraction of sp³-hybridized carbons (Fsp3) is 0. The average molecular weight is 328 g/mol. The molecule has 0 fully saturated rings. The van der Waals surface area contributed by atoms with Crippen LogP contribution in [0.4, 0.5) is 11.4 Å². The van der Waals surface area contributed by atoms with Crippen LogP contribution in [0.2, 0.25) is 0 Å². The molecule has 25 heavy (non-hydrogen) atoms. The first-order valence-electron chi connectivity index (χ1n) is 7.78. The standard InChI is InChI=1S/C20H16N4O/c25-19(16-10-4-1-5-11-16)20(23-21-17-12-6-2-7-13-17)24-22-18-14-8-3-9-15-18/h1-15,21H. The van der Waals surface area contributed by atoms with Crippen LogP contribution in [0.25, 0.3) is 0 Å². The van der Waals surface area contributed by atoms with Crippen molar-refractivity contribution < 1.29 is 4.79 Å². The maximum absolute atomic E-state index is 12.7. The van der Waals surface area contributed by atoms with Crippen LogP contribution in [0.5, 0.6) is 0 Å². The molecule has 1 N–H and O–H groups in total. The van der Waals surface area contributed by atoms with Crippen molar-refractivity contribution in [1.82, 2.24) is 0 Å². The minimum atomic E-state index is -0.302. The number of hydrogen-bond acceptors (Lipinski definition) is 4. The van der Waals surface area contributed by atoms with Crippen LogP contribution < -0.4 is 5.43 Å². The van der Waals surface area contributed by atoms with E-state index < -0.39 is 0 Å². The summed E-state index contributed by atoms with van der Waals surface area (Å²) in [5.74, 6) is -0.317. The van der Waals surface area contributed by atoms with Gasteiger partial charge in [-0.3, -0.25) is 10.2 Å². The molecule has 122 valence electrons. The lowest BCUT2D eigenvalue weighted by Gasteiger charge is -2.03. The first-order chi connectivity index (χ1) is 12.3. The summed E-state index contributed by atoms with van der Waals surface area (Å²) in [7, 11) is 0. The molecular formula is C20H16N4O. The molecule has 0 amide bonds. The molecule has 0 radical (unpaired) electrons. The molecule has 0 aliphatic carbocycles. The fourth-order valence-electron chi connectivity index (χ4n) is 2.07. The Morgan fingerprint density at radius 3 is 1.92 bits per heavy atom. The van der Waals surface area contributed by atoms with E-state index >= 15 is 0 Å². The molecular weight excluding hydrogens is 312 g/mol. The predicted molar refractivity (Wildman–Crippen MR) is 99.2 cm³/mol. The number of carbonyl (C=O) groups excluding carboxylic acids is 1. The van der Waals surface area contributed by atoms with E-state index in [9.17, 15) is 4.79 Å². The number of ketones is 1. The third-order valence-electron chi connectivity index (χ3n) is 3.32. The van der Waals surface area contributed by atoms with E-state index in [0.717, 1.165) is 5.69 Å². The number of anilines is 1. The zero-order valence-corrected chi connectivity index (χ0v) is 13.4. The number of rotatable bonds is 5. The highest BCUT2D eigenvalue weighted by molar-refractivity contribution is 6.45. The molecule has 0 aromatic heterocycles. The van der Waals surface area contributed by atoms with Gasteiger partial charge in [0.1, 0.15) is 0 Å². The Kier molecular flexibility index (Phi) is 5.40. The van der Waals surface area contributed by atoms with E-state index in [1.54, 1.807) is 36.4 Å². The van der Waals surface area contributed by atoms with Crippen molar-refractivity contribution in [3.8, 4) is 0 Å². The quantitative estimate of drug-likeness (QED) is 0.233. The summed E-state index contributed by atoms with van der Waals surface area (Å²) in [6.45, 7) is 0. The monoisotopic (exact) mass is 328 g/mol. The maximum Gasteiger partial charge on any atom is 0.241 e. The van der Waals surface area contributed by atoms with Crippen LogP contribution >= 0.6 is 0 Å². The zero-order valence-electron chi connectivity index (χ0n) is 13.4. The van der Waals surface area contributed by atoms with Crippen molar-refractivity contribution in [2.45, 2.75) is 0 Å². The highest BCUT2D eigenvalue weighted by atomic mass is 16.1. The molecule has 0 heterocycles. The van der Waals surface area contributed by atoms with Crippen molar-refractivity contribution in [1.29, 1.82) is 0 Å². The highest BCUT2D eigenvalue weighted by Crippen LogP contribution is 2.12. The van der Waals surface area contributed by atoms with Crippen molar-refractivity contribution in [2.75, 3.05) is 5.43 Å². The summed E-state index contributed by atoms with van der Waals surface area (Å²) in [4.78, 5) is 12.7. The Bertz CT molecular complexity index is 875. The highest BCUT2D eigenvalue weighted by Gasteiger charge is 2.14. The summed E-state index contributed by atoms with van der Waals surface area (Å²) in [5, 5.41) is 12.3. The number of hydrogen-bond donors (Lipinski definition) is 1. The second-order valence-electron chi connectivity index (χ2n) is 5.14. The van der Waals surface area contributed by atoms with Crippen molar-refractivity contribution >= 4 is 23.0 Å². The van der Waals surface area contributed by atoms with Gasteiger partial charge < -0.3 is 0 Å². The molecule has 0 unspecified atom stereocenters. The number of azo groups is 1. The number of para-hydroxylation sites is 1. The molecule has 0 spiro atoms. The average Bonchev–Trinajstić information content (AvgIpc) is 2.70. The van der Waals surface area contributed by atoms with Gasteiger partial charge in [0, 0.05) is 5.56 Å². The molecule has 0 aliphatic heterocycles. The van der Waals surface area contributed by atoms with E-state index in [1.165, 1.54) is 0 Å². The Balaban J connectivity index is 1.87. The van der Waals surface area contributed by atoms with Crippen LogP contribution in [0.15, 0.2) is 106 Å². The maximum atomic E-state index is 12.7. The lowest BCUT2D eigenvalue weighted by molar-refractivity contribution is 0.106. The lowest BCUT2D eigenvalue weighted by atomic mass is 10.1. The molecule has 0 atom stereocenters. The Morgan fingerprint density at radius 1 is 0.720 bits per heavy atom. The van der Waals surface area contributed by atoms with Gasteiger partial charge in [0.2, 0.25) is 11.6 Å². The van der Waals surface area contributed by atoms with Crippen molar-refractivity contribution in [3.05, 3.63) is 96.6 Å². The minimum Gasteiger partial charge on any atom is -0.285 e. The van der Waals surface area contributed by atoms with E-state index in [1.807, 2.05) is 54.6 Å². The number of nitrogens with zero attached hydrogens (tertiary/aromatic N) is 3. The van der Waals surface area contributed by atoms with E-state index in [0.29, 0.717) is 11.3 Å². The number of Topliss-reactive ketones (excluding diaryl/α,β-unsaturated/α-hetero) is 1. The lowest BCUT2D eigenvalue weighted by Crippen LogP contribution is -2.13. The van der Waals surface area contributed by atoms with Crippen LogP contribution in [-0.2, 0) is 0 Å². The summed E-state index contributed by atoms with van der Waals surface area (Å²) >= 11 is 0. The van der Waals surface area contributed by atoms with E-state index in [-0.39, 0.29) is 11.6 Å². The number of benzene rings is 3. The molecule has 5 heteroatoms. The summed E-state index contributed by atoms with van der Waals surface area (Å²) in [5.41, 5.74) is 4.76. The Morgan fingerprint density at radius 2 is 1.28 bits per heavy atom. The molecule has 3 aromatic carbocycles. The summed E-state index contributed by atoms with van der Waals surface area (Å²) in [6.07, 6.45) is 0. The molecule has 5 nitrogen and oxygen atoms in total. The van der Waals surface area contributed by atoms with Gasteiger partial charge in [0.15, 0.2) is 0 Å². The Hall–Kier alpha value is -3.60. The van der Waals surface area contributed by atoms with Gasteiger partial charge in [-0.15, -0.1) is 15.3 Å². The first-order valence-corrected chi connectivity index (χ1v) is 7.78. The van der Waals surface area contributed by atoms with Gasteiger partial charge in [-0.2, -0.15) is 0 Å². The molecule has 0 aliphatic rings. The van der Waals surface area contributed by atoms with E-state index in [2.05, 4.69) is 20.8 Å². The van der Waals surface area contributed by atoms with Crippen molar-refractivity contribution in [3.63, 3.8) is 0 Å². The van der Waals surface area contributed by atoms with Gasteiger partial charge in [-0.05, 0) is 24.3 Å². The minimum absolute atomic E-state index is 0.0149. The van der Waals surface area contributed by atoms with Crippen LogP contribution in [0.3, 0.4) is 0 Å². The van der Waals surface area contributed by atoms with Crippen LogP contribution in [0.1, 0.15) is 10.4 Å². The van der Waals surface area contributed by atoms with Gasteiger partial charge in [0.05, 0.1) is 11.4 Å². The largest absolute Gasteiger partial charge is 0.285 e. The molecule has 3 rings (SSSR count). The SMILES string of the molecule is O=C(C(N=Nc1ccccc1)=NNc1ccccc1)c1ccccc1. The molecule has 0 saturated heterocycles. The second-order valence-corrected chi connectivity index (χ2v) is 5.14. The third kappa shape index (κ3) is 4.68. The second kappa shape index (κ2) is 8.31. The Labute approximate surface area is 145 Å². The smallest absolute Gasteiger partial charge is 0.241 e. The first kappa shape index (κ1) is 16.3. The van der Waals surface area contributed by atoms with Crippen LogP contribution in [0, 0.1) is 0 Å². The van der Waals surface area contributed by atoms with Crippen molar-refractivity contribution in [2.24, 2.45) is 15.3 Å². The number of hydrazone groups is 1.